The van der Waals surface area contributed by atoms with Crippen LogP contribution in [0, 0.1) is 0 Å². The first kappa shape index (κ1) is 20.6. The van der Waals surface area contributed by atoms with Gasteiger partial charge in [-0.1, -0.05) is 48.2 Å². The fourth-order valence-electron chi connectivity index (χ4n) is 1.94. The van der Waals surface area contributed by atoms with E-state index in [-0.39, 0.29) is 31.0 Å². The number of benzene rings is 2. The Morgan fingerprint density at radius 2 is 1.80 bits per heavy atom. The van der Waals surface area contributed by atoms with Crippen molar-refractivity contribution in [2.24, 2.45) is 0 Å². The molecule has 0 fully saturated rings. The predicted molar refractivity (Wildman–Crippen MR) is 86.8 cm³/mol. The smallest absolute Gasteiger partial charge is 0.872 e. The van der Waals surface area contributed by atoms with Crippen LogP contribution in [-0.2, 0) is 20.9 Å². The van der Waals surface area contributed by atoms with Gasteiger partial charge in [-0.05, 0) is 36.3 Å². The molecule has 2 aromatic carbocycles. The van der Waals surface area contributed by atoms with Crippen molar-refractivity contribution in [2.45, 2.75) is 13.5 Å². The van der Waals surface area contributed by atoms with E-state index in [0.29, 0.717) is 12.4 Å². The van der Waals surface area contributed by atoms with Crippen LogP contribution in [0.15, 0.2) is 60.7 Å². The van der Waals surface area contributed by atoms with E-state index < -0.39 is 17.5 Å². The number of ether oxygens (including phenoxy) is 2. The first-order valence-corrected chi connectivity index (χ1v) is 7.47. The molecular weight excluding hydrogens is 315 g/mol. The molecule has 6 heteroatoms. The minimum absolute atomic E-state index is 0. The van der Waals surface area contributed by atoms with Crippen molar-refractivity contribution >= 4 is 17.5 Å². The molecule has 0 unspecified atom stereocenters. The molecule has 0 saturated carbocycles. The zero-order valence-electron chi connectivity index (χ0n) is 14.2. The van der Waals surface area contributed by atoms with Gasteiger partial charge in [0.15, 0.2) is 0 Å². The van der Waals surface area contributed by atoms with E-state index in [1.54, 1.807) is 25.1 Å². The molecule has 0 aliphatic carbocycles. The molecule has 0 N–H and O–H groups in total. The fraction of sp³-hybridized carbons (Fsp3) is 0.158. The van der Waals surface area contributed by atoms with Crippen LogP contribution in [0.3, 0.4) is 0 Å². The molecular formula is C19H17LiO5. The number of hydrogen-bond acceptors (Lipinski definition) is 5. The maximum atomic E-state index is 12.1. The van der Waals surface area contributed by atoms with E-state index in [1.165, 1.54) is 6.07 Å². The Kier molecular flexibility index (Phi) is 8.55. The number of rotatable bonds is 7. The van der Waals surface area contributed by atoms with Crippen molar-refractivity contribution < 1.29 is 43.0 Å². The molecule has 124 valence electrons. The zero-order valence-corrected chi connectivity index (χ0v) is 14.2. The zero-order chi connectivity index (χ0) is 17.4. The van der Waals surface area contributed by atoms with Crippen molar-refractivity contribution in [1.82, 2.24) is 0 Å². The van der Waals surface area contributed by atoms with Gasteiger partial charge in [0.05, 0.1) is 6.61 Å². The molecule has 0 spiro atoms. The van der Waals surface area contributed by atoms with Crippen LogP contribution in [0.5, 0.6) is 5.75 Å². The number of esters is 1. The van der Waals surface area contributed by atoms with E-state index in [9.17, 15) is 14.7 Å². The Morgan fingerprint density at radius 1 is 1.08 bits per heavy atom. The van der Waals surface area contributed by atoms with Gasteiger partial charge < -0.3 is 14.6 Å². The SMILES string of the molecule is CCOC(=O)C(=O)/C=C(/[O-])c1cccc(OCc2ccccc2)c1.[Li+]. The van der Waals surface area contributed by atoms with Gasteiger partial charge in [0.25, 0.3) is 5.78 Å². The maximum absolute atomic E-state index is 12.1. The topological polar surface area (TPSA) is 75.7 Å². The van der Waals surface area contributed by atoms with Crippen molar-refractivity contribution in [3.63, 3.8) is 0 Å². The van der Waals surface area contributed by atoms with E-state index in [2.05, 4.69) is 4.74 Å². The molecule has 0 heterocycles. The quantitative estimate of drug-likeness (QED) is 0.216. The first-order chi connectivity index (χ1) is 11.6. The third-order valence-corrected chi connectivity index (χ3v) is 3.11. The molecule has 2 rings (SSSR count). The predicted octanol–water partition coefficient (Wildman–Crippen LogP) is -0.897. The Hall–Kier alpha value is -2.48. The fourth-order valence-corrected chi connectivity index (χ4v) is 1.94. The molecule has 5 nitrogen and oxygen atoms in total. The molecule has 0 radical (unpaired) electrons. The summed E-state index contributed by atoms with van der Waals surface area (Å²) in [5, 5.41) is 12.1. The van der Waals surface area contributed by atoms with Gasteiger partial charge in [-0.15, -0.1) is 0 Å². The van der Waals surface area contributed by atoms with Crippen LogP contribution in [-0.4, -0.2) is 18.4 Å². The Labute approximate surface area is 158 Å². The van der Waals surface area contributed by atoms with Gasteiger partial charge in [0, 0.05) is 0 Å². The Morgan fingerprint density at radius 3 is 2.48 bits per heavy atom. The molecule has 0 aliphatic rings. The number of carbonyl (C=O) groups excluding carboxylic acids is 2. The molecule has 0 aliphatic heterocycles. The van der Waals surface area contributed by atoms with Crippen molar-refractivity contribution in [3.8, 4) is 5.75 Å². The average Bonchev–Trinajstić information content (AvgIpc) is 2.61. The van der Waals surface area contributed by atoms with Crippen LogP contribution >= 0.6 is 0 Å². The van der Waals surface area contributed by atoms with E-state index in [4.69, 9.17) is 4.74 Å². The normalized spacial score (nSPS) is 10.5. The van der Waals surface area contributed by atoms with Gasteiger partial charge in [0.2, 0.25) is 0 Å². The third kappa shape index (κ3) is 6.50. The summed E-state index contributed by atoms with van der Waals surface area (Å²) in [4.78, 5) is 22.8. The van der Waals surface area contributed by atoms with Crippen LogP contribution < -0.4 is 28.7 Å². The van der Waals surface area contributed by atoms with E-state index >= 15 is 0 Å². The first-order valence-electron chi connectivity index (χ1n) is 7.47. The van der Waals surface area contributed by atoms with Gasteiger partial charge in [-0.25, -0.2) is 4.79 Å². The summed E-state index contributed by atoms with van der Waals surface area (Å²) in [7, 11) is 0. The van der Waals surface area contributed by atoms with E-state index in [1.807, 2.05) is 30.3 Å². The molecule has 0 saturated heterocycles. The summed E-state index contributed by atoms with van der Waals surface area (Å²) in [5.41, 5.74) is 1.26. The molecule has 2 aromatic rings. The second-order valence-electron chi connectivity index (χ2n) is 4.90. The summed E-state index contributed by atoms with van der Waals surface area (Å²) in [6.45, 7) is 2.03. The van der Waals surface area contributed by atoms with Crippen LogP contribution in [0.2, 0.25) is 0 Å². The largest absolute Gasteiger partial charge is 1.00 e. The summed E-state index contributed by atoms with van der Waals surface area (Å²) in [5.74, 6) is -2.08. The third-order valence-electron chi connectivity index (χ3n) is 3.11. The summed E-state index contributed by atoms with van der Waals surface area (Å²) in [6, 6.07) is 16.0. The molecule has 0 aromatic heterocycles. The van der Waals surface area contributed by atoms with Crippen molar-refractivity contribution in [3.05, 3.63) is 71.8 Å². The van der Waals surface area contributed by atoms with Gasteiger partial charge >= 0.3 is 24.8 Å². The Bertz CT molecular complexity index is 740. The summed E-state index contributed by atoms with van der Waals surface area (Å²) < 4.78 is 10.2. The second kappa shape index (κ2) is 10.4. The van der Waals surface area contributed by atoms with E-state index in [0.717, 1.165) is 11.6 Å². The number of hydrogen-bond donors (Lipinski definition) is 0. The van der Waals surface area contributed by atoms with Gasteiger partial charge in [0.1, 0.15) is 12.4 Å². The maximum Gasteiger partial charge on any atom is 1.00 e. The summed E-state index contributed by atoms with van der Waals surface area (Å²) >= 11 is 0. The second-order valence-corrected chi connectivity index (χ2v) is 4.90. The van der Waals surface area contributed by atoms with Crippen molar-refractivity contribution in [1.29, 1.82) is 0 Å². The number of carbonyl (C=O) groups is 2. The average molecular weight is 332 g/mol. The standard InChI is InChI=1S/C19H18O5.Li/c1-2-23-19(22)18(21)12-17(20)15-9-6-10-16(11-15)24-13-14-7-4-3-5-8-14;/h3-12,20H,2,13H2,1H3;/q;+1/p-1/b17-12+;. The number of ketones is 1. The van der Waals surface area contributed by atoms with Gasteiger partial charge in [-0.3, -0.25) is 4.79 Å². The molecule has 0 bridgehead atoms. The minimum atomic E-state index is -1.04. The van der Waals surface area contributed by atoms with Gasteiger partial charge in [-0.2, -0.15) is 0 Å². The minimum Gasteiger partial charge on any atom is -0.872 e. The molecule has 25 heavy (non-hydrogen) atoms. The molecule has 0 amide bonds. The molecule has 0 atom stereocenters. The van der Waals surface area contributed by atoms with Crippen LogP contribution in [0.1, 0.15) is 18.1 Å². The van der Waals surface area contributed by atoms with Crippen molar-refractivity contribution in [2.75, 3.05) is 6.61 Å². The van der Waals surface area contributed by atoms with Crippen LogP contribution in [0.25, 0.3) is 5.76 Å². The summed E-state index contributed by atoms with van der Waals surface area (Å²) in [6.07, 6.45) is 0.730. The monoisotopic (exact) mass is 332 g/mol. The Balaban J connectivity index is 0.00000312. The van der Waals surface area contributed by atoms with Crippen LogP contribution in [0.4, 0.5) is 0 Å².